The summed E-state index contributed by atoms with van der Waals surface area (Å²) in [7, 11) is 0. The van der Waals surface area contributed by atoms with Gasteiger partial charge in [-0.3, -0.25) is 4.79 Å². The first-order valence-corrected chi connectivity index (χ1v) is 4.70. The number of carbonyl (C=O) groups is 2. The van der Waals surface area contributed by atoms with Crippen LogP contribution < -0.4 is 0 Å². The number of likely N-dealkylation sites (tertiary alicyclic amines) is 1. The van der Waals surface area contributed by atoms with E-state index in [0.29, 0.717) is 13.0 Å². The van der Waals surface area contributed by atoms with Crippen LogP contribution >= 0.6 is 0 Å². The first-order valence-electron chi connectivity index (χ1n) is 4.70. The molecule has 0 radical (unpaired) electrons. The summed E-state index contributed by atoms with van der Waals surface area (Å²) in [6.07, 6.45) is 4.54. The Morgan fingerprint density at radius 2 is 2.14 bits per heavy atom. The Morgan fingerprint density at radius 1 is 1.50 bits per heavy atom. The summed E-state index contributed by atoms with van der Waals surface area (Å²) >= 11 is 0. The van der Waals surface area contributed by atoms with Crippen molar-refractivity contribution in [1.82, 2.24) is 4.90 Å². The maximum absolute atomic E-state index is 11.3. The number of amides is 1. The van der Waals surface area contributed by atoms with Gasteiger partial charge in [-0.1, -0.05) is 12.2 Å². The molecule has 0 aromatic carbocycles. The summed E-state index contributed by atoms with van der Waals surface area (Å²) in [5.74, 6) is -1.12. The first-order chi connectivity index (χ1) is 6.54. The lowest BCUT2D eigenvalue weighted by Gasteiger charge is -2.31. The van der Waals surface area contributed by atoms with Crippen molar-refractivity contribution in [2.24, 2.45) is 0 Å². The number of hydrogen-bond acceptors (Lipinski definition) is 2. The van der Waals surface area contributed by atoms with Crippen LogP contribution in [0.1, 0.15) is 26.7 Å². The standard InChI is InChI=1S/C10H15NO3/c1-3-5-10(9(13)14)6-4-7-11(10)8(2)12/h3,5H,4,6-7H2,1-2H3,(H,13,14). The summed E-state index contributed by atoms with van der Waals surface area (Å²) in [4.78, 5) is 23.9. The first kappa shape index (κ1) is 10.8. The molecule has 4 heteroatoms. The fraction of sp³-hybridized carbons (Fsp3) is 0.600. The van der Waals surface area contributed by atoms with E-state index in [4.69, 9.17) is 5.11 Å². The summed E-state index contributed by atoms with van der Waals surface area (Å²) in [5, 5.41) is 9.17. The van der Waals surface area contributed by atoms with E-state index < -0.39 is 11.5 Å². The summed E-state index contributed by atoms with van der Waals surface area (Å²) in [5.41, 5.74) is -1.10. The third-order valence-electron chi connectivity index (χ3n) is 2.61. The predicted molar refractivity (Wildman–Crippen MR) is 51.8 cm³/mol. The second kappa shape index (κ2) is 3.82. The quantitative estimate of drug-likeness (QED) is 0.672. The molecule has 0 saturated carbocycles. The van der Waals surface area contributed by atoms with E-state index in [1.807, 2.05) is 0 Å². The molecule has 0 aromatic heterocycles. The molecule has 14 heavy (non-hydrogen) atoms. The summed E-state index contributed by atoms with van der Waals surface area (Å²) in [6, 6.07) is 0. The van der Waals surface area contributed by atoms with Crippen molar-refractivity contribution >= 4 is 11.9 Å². The van der Waals surface area contributed by atoms with Crippen LogP contribution in [0.3, 0.4) is 0 Å². The van der Waals surface area contributed by atoms with Crippen molar-refractivity contribution in [2.45, 2.75) is 32.2 Å². The van der Waals surface area contributed by atoms with Crippen LogP contribution in [0.5, 0.6) is 0 Å². The van der Waals surface area contributed by atoms with Crippen LogP contribution in [0.4, 0.5) is 0 Å². The minimum Gasteiger partial charge on any atom is -0.479 e. The summed E-state index contributed by atoms with van der Waals surface area (Å²) < 4.78 is 0. The van der Waals surface area contributed by atoms with Gasteiger partial charge in [-0.15, -0.1) is 0 Å². The highest BCUT2D eigenvalue weighted by Crippen LogP contribution is 2.31. The molecule has 1 fully saturated rings. The molecule has 1 aliphatic heterocycles. The van der Waals surface area contributed by atoms with Gasteiger partial charge in [-0.2, -0.15) is 0 Å². The molecular weight excluding hydrogens is 182 g/mol. The normalized spacial score (nSPS) is 27.1. The van der Waals surface area contributed by atoms with Crippen molar-refractivity contribution in [3.8, 4) is 0 Å². The van der Waals surface area contributed by atoms with E-state index in [2.05, 4.69) is 0 Å². The lowest BCUT2D eigenvalue weighted by molar-refractivity contribution is -0.152. The van der Waals surface area contributed by atoms with Gasteiger partial charge in [0.15, 0.2) is 5.54 Å². The maximum atomic E-state index is 11.3. The molecule has 0 spiro atoms. The molecule has 78 valence electrons. The number of allylic oxidation sites excluding steroid dienone is 1. The van der Waals surface area contributed by atoms with Gasteiger partial charge in [0.05, 0.1) is 0 Å². The van der Waals surface area contributed by atoms with Crippen LogP contribution in [-0.4, -0.2) is 34.0 Å². The Balaban J connectivity index is 3.07. The molecule has 0 bridgehead atoms. The minimum atomic E-state index is -1.10. The Morgan fingerprint density at radius 3 is 2.57 bits per heavy atom. The van der Waals surface area contributed by atoms with Gasteiger partial charge in [0.2, 0.25) is 5.91 Å². The minimum absolute atomic E-state index is 0.178. The van der Waals surface area contributed by atoms with E-state index in [1.54, 1.807) is 19.1 Å². The van der Waals surface area contributed by atoms with E-state index in [9.17, 15) is 9.59 Å². The lowest BCUT2D eigenvalue weighted by atomic mass is 9.95. The number of hydrogen-bond donors (Lipinski definition) is 1. The van der Waals surface area contributed by atoms with Gasteiger partial charge < -0.3 is 10.0 Å². The lowest BCUT2D eigenvalue weighted by Crippen LogP contribution is -2.50. The van der Waals surface area contributed by atoms with Crippen LogP contribution in [0.25, 0.3) is 0 Å². The average molecular weight is 197 g/mol. The van der Waals surface area contributed by atoms with Gasteiger partial charge >= 0.3 is 5.97 Å². The maximum Gasteiger partial charge on any atom is 0.333 e. The highest BCUT2D eigenvalue weighted by atomic mass is 16.4. The van der Waals surface area contributed by atoms with Crippen molar-refractivity contribution in [3.63, 3.8) is 0 Å². The van der Waals surface area contributed by atoms with Gasteiger partial charge in [-0.25, -0.2) is 4.79 Å². The van der Waals surface area contributed by atoms with Gasteiger partial charge in [0, 0.05) is 13.5 Å². The molecule has 1 unspecified atom stereocenters. The SMILES string of the molecule is CC=CC1(C(=O)O)CCCN1C(C)=O. The molecule has 0 aliphatic carbocycles. The van der Waals surface area contributed by atoms with E-state index >= 15 is 0 Å². The zero-order chi connectivity index (χ0) is 10.8. The smallest absolute Gasteiger partial charge is 0.333 e. The molecule has 1 aliphatic rings. The zero-order valence-electron chi connectivity index (χ0n) is 8.49. The van der Waals surface area contributed by atoms with Crippen LogP contribution in [0.2, 0.25) is 0 Å². The van der Waals surface area contributed by atoms with Crippen LogP contribution in [-0.2, 0) is 9.59 Å². The zero-order valence-corrected chi connectivity index (χ0v) is 8.49. The number of aliphatic carboxylic acids is 1. The van der Waals surface area contributed by atoms with E-state index in [0.717, 1.165) is 6.42 Å². The van der Waals surface area contributed by atoms with Crippen molar-refractivity contribution in [1.29, 1.82) is 0 Å². The Hall–Kier alpha value is -1.32. The van der Waals surface area contributed by atoms with Crippen LogP contribution in [0.15, 0.2) is 12.2 Å². The molecule has 4 nitrogen and oxygen atoms in total. The third kappa shape index (κ3) is 1.52. The summed E-state index contributed by atoms with van der Waals surface area (Å²) in [6.45, 7) is 3.71. The Kier molecular flexibility index (Phi) is 2.93. The monoisotopic (exact) mass is 197 g/mol. The van der Waals surface area contributed by atoms with Gasteiger partial charge in [0.25, 0.3) is 0 Å². The Labute approximate surface area is 83.2 Å². The average Bonchev–Trinajstić information content (AvgIpc) is 2.50. The topological polar surface area (TPSA) is 57.6 Å². The van der Waals surface area contributed by atoms with Gasteiger partial charge in [0.1, 0.15) is 0 Å². The van der Waals surface area contributed by atoms with Crippen molar-refractivity contribution in [2.75, 3.05) is 6.54 Å². The fourth-order valence-electron chi connectivity index (χ4n) is 2.02. The van der Waals surface area contributed by atoms with Crippen molar-refractivity contribution in [3.05, 3.63) is 12.2 Å². The number of carboxylic acids is 1. The number of carboxylic acid groups (broad SMARTS) is 1. The molecule has 1 N–H and O–H groups in total. The van der Waals surface area contributed by atoms with E-state index in [-0.39, 0.29) is 5.91 Å². The van der Waals surface area contributed by atoms with Crippen molar-refractivity contribution < 1.29 is 14.7 Å². The molecule has 1 atom stereocenters. The number of rotatable bonds is 2. The fourth-order valence-corrected chi connectivity index (χ4v) is 2.02. The largest absolute Gasteiger partial charge is 0.479 e. The second-order valence-electron chi connectivity index (χ2n) is 3.50. The van der Waals surface area contributed by atoms with Gasteiger partial charge in [-0.05, 0) is 19.8 Å². The highest BCUT2D eigenvalue weighted by Gasteiger charge is 2.46. The molecule has 1 rings (SSSR count). The van der Waals surface area contributed by atoms with E-state index in [1.165, 1.54) is 11.8 Å². The molecular formula is C10H15NO3. The molecule has 1 heterocycles. The third-order valence-corrected chi connectivity index (χ3v) is 2.61. The molecule has 1 amide bonds. The Bertz CT molecular complexity index is 285. The van der Waals surface area contributed by atoms with Crippen LogP contribution in [0, 0.1) is 0 Å². The molecule has 0 aromatic rings. The number of carbonyl (C=O) groups excluding carboxylic acids is 1. The molecule has 1 saturated heterocycles. The predicted octanol–water partition coefficient (Wildman–Crippen LogP) is 1.03. The number of nitrogens with zero attached hydrogens (tertiary/aromatic N) is 1. The highest BCUT2D eigenvalue weighted by molar-refractivity contribution is 5.88. The second-order valence-corrected chi connectivity index (χ2v) is 3.50.